The first kappa shape index (κ1) is 31.1. The second-order valence-corrected chi connectivity index (χ2v) is 10.9. The normalized spacial score (nSPS) is 16.6. The number of nitrogen functional groups attached to an aromatic ring is 1. The molecule has 0 bridgehead atoms. The van der Waals surface area contributed by atoms with Crippen LogP contribution in [-0.2, 0) is 9.53 Å². The maximum atomic E-state index is 13.9. The van der Waals surface area contributed by atoms with Crippen LogP contribution in [-0.4, -0.2) is 46.9 Å². The topological polar surface area (TPSA) is 181 Å². The molecule has 1 saturated heterocycles. The molecule has 45 heavy (non-hydrogen) atoms. The molecule has 2 atom stereocenters. The van der Waals surface area contributed by atoms with Crippen molar-refractivity contribution in [2.75, 3.05) is 29.7 Å². The molecule has 4 aromatic rings. The molecular formula is C32H34ClN9O3. The van der Waals surface area contributed by atoms with Gasteiger partial charge in [0.2, 0.25) is 5.91 Å². The summed E-state index contributed by atoms with van der Waals surface area (Å²) in [7, 11) is 1.29. The number of rotatable bonds is 8. The zero-order chi connectivity index (χ0) is 31.9. The Labute approximate surface area is 265 Å². The van der Waals surface area contributed by atoms with Crippen molar-refractivity contribution in [2.24, 2.45) is 16.8 Å². The number of piperidine rings is 1. The summed E-state index contributed by atoms with van der Waals surface area (Å²) in [6.45, 7) is 0.536. The number of imidazole rings is 1. The first-order valence-corrected chi connectivity index (χ1v) is 14.6. The number of amides is 2. The summed E-state index contributed by atoms with van der Waals surface area (Å²) in [6.07, 6.45) is 7.25. The van der Waals surface area contributed by atoms with Crippen molar-refractivity contribution in [3.05, 3.63) is 101 Å². The third-order valence-electron chi connectivity index (χ3n) is 7.66. The lowest BCUT2D eigenvalue weighted by atomic mass is 9.83. The van der Waals surface area contributed by atoms with Gasteiger partial charge in [-0.05, 0) is 60.9 Å². The SMILES string of the molecule is COC(=O)Nc1ccc(-c2cnc(C3C(c4ccccc4)CCCN3C(=O)/C=C/c3cc(Cl)ccc3N(N)/C=N\N)[nH]2)c(N)c1. The van der Waals surface area contributed by atoms with E-state index in [-0.39, 0.29) is 17.9 Å². The van der Waals surface area contributed by atoms with Crippen molar-refractivity contribution >= 4 is 53.1 Å². The number of H-pyrrole nitrogens is 1. The van der Waals surface area contributed by atoms with Gasteiger partial charge in [-0.1, -0.05) is 41.9 Å². The molecule has 13 heteroatoms. The average molecular weight is 628 g/mol. The maximum Gasteiger partial charge on any atom is 0.411 e. The van der Waals surface area contributed by atoms with E-state index in [4.69, 9.17) is 34.0 Å². The molecule has 5 rings (SSSR count). The lowest BCUT2D eigenvalue weighted by molar-refractivity contribution is -0.130. The van der Waals surface area contributed by atoms with Crippen LogP contribution in [0.4, 0.5) is 21.9 Å². The number of aromatic nitrogens is 2. The van der Waals surface area contributed by atoms with Crippen LogP contribution in [0.3, 0.4) is 0 Å². The summed E-state index contributed by atoms with van der Waals surface area (Å²) in [5.74, 6) is 11.8. The number of nitrogens with zero attached hydrogens (tertiary/aromatic N) is 4. The maximum absolute atomic E-state index is 13.9. The molecule has 2 unspecified atom stereocenters. The lowest BCUT2D eigenvalue weighted by Crippen LogP contribution is -2.41. The van der Waals surface area contributed by atoms with Crippen LogP contribution in [0.1, 0.15) is 41.8 Å². The van der Waals surface area contributed by atoms with Crippen LogP contribution >= 0.6 is 11.6 Å². The predicted octanol–water partition coefficient (Wildman–Crippen LogP) is 5.23. The number of ether oxygens (including phenoxy) is 1. The first-order valence-electron chi connectivity index (χ1n) is 14.2. The fraction of sp³-hybridized carbons (Fsp3) is 0.188. The van der Waals surface area contributed by atoms with Crippen LogP contribution in [0.15, 0.2) is 84.1 Å². The summed E-state index contributed by atoms with van der Waals surface area (Å²) >= 11 is 6.26. The van der Waals surface area contributed by atoms with E-state index in [1.165, 1.54) is 24.5 Å². The van der Waals surface area contributed by atoms with Crippen LogP contribution in [0.2, 0.25) is 5.02 Å². The van der Waals surface area contributed by atoms with E-state index in [1.807, 2.05) is 23.1 Å². The summed E-state index contributed by atoms with van der Waals surface area (Å²) in [5, 5.41) is 7.82. The fourth-order valence-electron chi connectivity index (χ4n) is 5.59. The zero-order valence-electron chi connectivity index (χ0n) is 24.6. The highest BCUT2D eigenvalue weighted by atomic mass is 35.5. The Kier molecular flexibility index (Phi) is 9.66. The van der Waals surface area contributed by atoms with Gasteiger partial charge in [0.1, 0.15) is 12.2 Å². The second-order valence-electron chi connectivity index (χ2n) is 10.4. The van der Waals surface area contributed by atoms with Crippen molar-refractivity contribution in [1.29, 1.82) is 0 Å². The molecule has 0 radical (unpaired) electrons. The third-order valence-corrected chi connectivity index (χ3v) is 7.89. The highest BCUT2D eigenvalue weighted by Gasteiger charge is 2.37. The summed E-state index contributed by atoms with van der Waals surface area (Å²) in [4.78, 5) is 35.5. The minimum atomic E-state index is -0.592. The molecule has 0 saturated carbocycles. The van der Waals surface area contributed by atoms with Crippen molar-refractivity contribution in [2.45, 2.75) is 24.8 Å². The number of methoxy groups -OCH3 is 1. The number of carbonyl (C=O) groups is 2. The molecule has 8 N–H and O–H groups in total. The Morgan fingerprint density at radius 1 is 1.18 bits per heavy atom. The molecule has 2 heterocycles. The minimum Gasteiger partial charge on any atom is -0.453 e. The number of benzene rings is 3. The fourth-order valence-corrected chi connectivity index (χ4v) is 5.77. The number of hydrazone groups is 1. The summed E-state index contributed by atoms with van der Waals surface area (Å²) in [5.41, 5.74) is 11.0. The van der Waals surface area contributed by atoms with Gasteiger partial charge < -0.3 is 26.2 Å². The molecule has 1 fully saturated rings. The Morgan fingerprint density at radius 3 is 2.71 bits per heavy atom. The number of halogens is 1. The molecule has 0 aliphatic carbocycles. The third kappa shape index (κ3) is 7.08. The van der Waals surface area contributed by atoms with Gasteiger partial charge in [0.15, 0.2) is 0 Å². The van der Waals surface area contributed by atoms with Crippen LogP contribution in [0.25, 0.3) is 17.3 Å². The van der Waals surface area contributed by atoms with Gasteiger partial charge in [-0.2, -0.15) is 5.10 Å². The molecule has 2 amide bonds. The summed E-state index contributed by atoms with van der Waals surface area (Å²) in [6, 6.07) is 20.0. The molecule has 12 nitrogen and oxygen atoms in total. The van der Waals surface area contributed by atoms with E-state index < -0.39 is 6.09 Å². The van der Waals surface area contributed by atoms with Gasteiger partial charge in [-0.3, -0.25) is 15.1 Å². The van der Waals surface area contributed by atoms with E-state index >= 15 is 0 Å². The zero-order valence-corrected chi connectivity index (χ0v) is 25.3. The van der Waals surface area contributed by atoms with E-state index in [1.54, 1.807) is 48.7 Å². The first-order chi connectivity index (χ1) is 21.8. The Morgan fingerprint density at radius 2 is 1.98 bits per heavy atom. The van der Waals surface area contributed by atoms with Gasteiger partial charge in [-0.25, -0.2) is 15.6 Å². The number of nitrogens with one attached hydrogen (secondary N) is 2. The van der Waals surface area contributed by atoms with Gasteiger partial charge in [0.05, 0.1) is 30.7 Å². The smallest absolute Gasteiger partial charge is 0.411 e. The van der Waals surface area contributed by atoms with Crippen molar-refractivity contribution in [1.82, 2.24) is 14.9 Å². The molecule has 3 aromatic carbocycles. The molecule has 232 valence electrons. The van der Waals surface area contributed by atoms with Crippen LogP contribution in [0, 0.1) is 0 Å². The quantitative estimate of drug-likeness (QED) is 0.0439. The molecule has 1 aromatic heterocycles. The molecular weight excluding hydrogens is 594 g/mol. The summed E-state index contributed by atoms with van der Waals surface area (Å²) < 4.78 is 4.66. The van der Waals surface area contributed by atoms with E-state index in [0.717, 1.165) is 18.4 Å². The van der Waals surface area contributed by atoms with E-state index in [9.17, 15) is 9.59 Å². The number of likely N-dealkylation sites (tertiary alicyclic amines) is 1. The van der Waals surface area contributed by atoms with Crippen molar-refractivity contribution in [3.63, 3.8) is 0 Å². The van der Waals surface area contributed by atoms with Crippen molar-refractivity contribution < 1.29 is 14.3 Å². The number of nitrogens with two attached hydrogens (primary N) is 3. The highest BCUT2D eigenvalue weighted by Crippen LogP contribution is 2.42. The van der Waals surface area contributed by atoms with Crippen LogP contribution in [0.5, 0.6) is 0 Å². The van der Waals surface area contributed by atoms with Crippen molar-refractivity contribution in [3.8, 4) is 11.3 Å². The number of aromatic amines is 1. The Bertz CT molecular complexity index is 1720. The Balaban J connectivity index is 1.49. The standard InChI is InChI=1S/C32H34ClN9O3/c1-45-32(44)39-23-11-12-25(26(34)17-23)27-18-37-31(40-27)30-24(20-6-3-2-4-7-20)8-5-15-41(30)29(43)14-9-21-16-22(33)10-13-28(21)42(36)19-38-35/h2-4,6-7,9-14,16-19,24,30H,5,8,15,34-36H2,1H3,(H,37,40)(H,39,44)/b14-9+,38-19-. The lowest BCUT2D eigenvalue weighted by Gasteiger charge is -2.40. The predicted molar refractivity (Wildman–Crippen MR) is 177 cm³/mol. The van der Waals surface area contributed by atoms with E-state index in [0.29, 0.717) is 51.3 Å². The number of hydrazine groups is 1. The number of hydrogen-bond donors (Lipinski definition) is 5. The highest BCUT2D eigenvalue weighted by molar-refractivity contribution is 6.30. The number of hydrogen-bond acceptors (Lipinski definition) is 8. The minimum absolute atomic E-state index is 0.0118. The average Bonchev–Trinajstić information content (AvgIpc) is 3.53. The number of carbonyl (C=O) groups excluding carboxylic acids is 2. The van der Waals surface area contributed by atoms with E-state index in [2.05, 4.69) is 32.3 Å². The molecule has 1 aliphatic heterocycles. The van der Waals surface area contributed by atoms with Gasteiger partial charge >= 0.3 is 6.09 Å². The largest absolute Gasteiger partial charge is 0.453 e. The Hall–Kier alpha value is -5.33. The monoisotopic (exact) mass is 627 g/mol. The van der Waals surface area contributed by atoms with Gasteiger partial charge in [-0.15, -0.1) is 0 Å². The van der Waals surface area contributed by atoms with Crippen LogP contribution < -0.4 is 27.7 Å². The number of anilines is 3. The van der Waals surface area contributed by atoms with Gasteiger partial charge in [0, 0.05) is 46.1 Å². The van der Waals surface area contributed by atoms with Gasteiger partial charge in [0.25, 0.3) is 0 Å². The second kappa shape index (κ2) is 14.0. The molecule has 1 aliphatic rings. The molecule has 0 spiro atoms.